The first kappa shape index (κ1) is 22.6. The minimum absolute atomic E-state index is 0.144. The van der Waals surface area contributed by atoms with E-state index in [4.69, 9.17) is 14.2 Å². The first-order chi connectivity index (χ1) is 14.8. The molecule has 0 bridgehead atoms. The molecular formula is C23H26Br2N2O4. The molecule has 0 N–H and O–H groups in total. The van der Waals surface area contributed by atoms with Crippen LogP contribution in [0.2, 0.25) is 0 Å². The second-order valence-corrected chi connectivity index (χ2v) is 9.69. The molecule has 2 atom stereocenters. The van der Waals surface area contributed by atoms with Gasteiger partial charge in [-0.05, 0) is 43.3 Å². The van der Waals surface area contributed by atoms with Gasteiger partial charge in [0.15, 0.2) is 5.79 Å². The van der Waals surface area contributed by atoms with E-state index in [0.717, 1.165) is 52.1 Å². The molecule has 2 fully saturated rings. The molecule has 6 nitrogen and oxygen atoms in total. The van der Waals surface area contributed by atoms with Crippen LogP contribution in [0.15, 0.2) is 51.4 Å². The van der Waals surface area contributed by atoms with E-state index in [1.807, 2.05) is 42.2 Å². The van der Waals surface area contributed by atoms with Gasteiger partial charge in [0.25, 0.3) is 0 Å². The normalized spacial score (nSPS) is 23.8. The average Bonchev–Trinajstić information content (AvgIpc) is 3.14. The third-order valence-electron chi connectivity index (χ3n) is 5.72. The lowest BCUT2D eigenvalue weighted by Crippen LogP contribution is -2.48. The van der Waals surface area contributed by atoms with E-state index < -0.39 is 5.79 Å². The lowest BCUT2D eigenvalue weighted by molar-refractivity contribution is -0.165. The predicted octanol–water partition coefficient (Wildman–Crippen LogP) is 4.55. The number of carbonyl (C=O) groups excluding carboxylic acids is 1. The molecule has 2 aromatic rings. The molecular weight excluding hydrogens is 528 g/mol. The maximum Gasteiger partial charge on any atom is 0.219 e. The van der Waals surface area contributed by atoms with Gasteiger partial charge in [0, 0.05) is 53.3 Å². The van der Waals surface area contributed by atoms with Crippen LogP contribution in [0.1, 0.15) is 19.4 Å². The molecule has 0 saturated carbocycles. The molecule has 0 spiro atoms. The Morgan fingerprint density at radius 3 is 2.48 bits per heavy atom. The Balaban J connectivity index is 1.30. The predicted molar refractivity (Wildman–Crippen MR) is 126 cm³/mol. The van der Waals surface area contributed by atoms with E-state index in [9.17, 15) is 4.79 Å². The van der Waals surface area contributed by atoms with Crippen LogP contribution in [-0.2, 0) is 20.1 Å². The lowest BCUT2D eigenvalue weighted by Gasteiger charge is -2.35. The summed E-state index contributed by atoms with van der Waals surface area (Å²) in [5.41, 5.74) is 2.09. The molecule has 31 heavy (non-hydrogen) atoms. The maximum absolute atomic E-state index is 11.5. The third kappa shape index (κ3) is 5.25. The largest absolute Gasteiger partial charge is 0.491 e. The zero-order valence-electron chi connectivity index (χ0n) is 17.6. The number of carbonyl (C=O) groups is 1. The number of nitrogens with zero attached hydrogens (tertiary/aromatic N) is 2. The van der Waals surface area contributed by atoms with E-state index in [-0.39, 0.29) is 12.0 Å². The van der Waals surface area contributed by atoms with Gasteiger partial charge in [0.1, 0.15) is 18.5 Å². The van der Waals surface area contributed by atoms with Gasteiger partial charge in [0.2, 0.25) is 5.91 Å². The summed E-state index contributed by atoms with van der Waals surface area (Å²) in [5, 5.41) is 0. The van der Waals surface area contributed by atoms with Crippen LogP contribution in [0.4, 0.5) is 5.69 Å². The zero-order valence-corrected chi connectivity index (χ0v) is 20.8. The second kappa shape index (κ2) is 9.48. The second-order valence-electron chi connectivity index (χ2n) is 7.92. The van der Waals surface area contributed by atoms with Crippen molar-refractivity contribution in [2.75, 3.05) is 44.3 Å². The Hall–Kier alpha value is -1.61. The average molecular weight is 554 g/mol. The van der Waals surface area contributed by atoms with Crippen LogP contribution in [0.3, 0.4) is 0 Å². The summed E-state index contributed by atoms with van der Waals surface area (Å²) in [5.74, 6) is 0.137. The van der Waals surface area contributed by atoms with Gasteiger partial charge in [-0.1, -0.05) is 37.9 Å². The summed E-state index contributed by atoms with van der Waals surface area (Å²) in [6, 6.07) is 14.0. The minimum Gasteiger partial charge on any atom is -0.491 e. The number of amides is 1. The van der Waals surface area contributed by atoms with Crippen LogP contribution in [0.5, 0.6) is 5.75 Å². The van der Waals surface area contributed by atoms with Gasteiger partial charge < -0.3 is 24.0 Å². The van der Waals surface area contributed by atoms with E-state index in [1.54, 1.807) is 6.92 Å². The molecule has 2 saturated heterocycles. The van der Waals surface area contributed by atoms with E-state index in [2.05, 4.69) is 48.9 Å². The summed E-state index contributed by atoms with van der Waals surface area (Å²) >= 11 is 7.07. The molecule has 0 radical (unpaired) electrons. The summed E-state index contributed by atoms with van der Waals surface area (Å²) < 4.78 is 20.1. The molecule has 2 aliphatic heterocycles. The van der Waals surface area contributed by atoms with Crippen LogP contribution in [0.25, 0.3) is 0 Å². The Kier molecular flexibility index (Phi) is 6.91. The minimum atomic E-state index is -0.806. The molecule has 1 amide bonds. The van der Waals surface area contributed by atoms with Crippen molar-refractivity contribution in [3.8, 4) is 5.75 Å². The van der Waals surface area contributed by atoms with Crippen molar-refractivity contribution >= 4 is 43.5 Å². The van der Waals surface area contributed by atoms with Crippen molar-refractivity contribution in [3.05, 3.63) is 57.0 Å². The molecule has 2 heterocycles. The van der Waals surface area contributed by atoms with E-state index >= 15 is 0 Å². The number of halogens is 2. The van der Waals surface area contributed by atoms with E-state index in [0.29, 0.717) is 13.2 Å². The number of benzene rings is 2. The van der Waals surface area contributed by atoms with Crippen molar-refractivity contribution in [1.29, 1.82) is 0 Å². The molecule has 2 aromatic carbocycles. The van der Waals surface area contributed by atoms with Gasteiger partial charge in [-0.2, -0.15) is 0 Å². The van der Waals surface area contributed by atoms with Gasteiger partial charge in [0.05, 0.1) is 6.61 Å². The van der Waals surface area contributed by atoms with Crippen LogP contribution in [-0.4, -0.2) is 56.3 Å². The Morgan fingerprint density at radius 1 is 1.13 bits per heavy atom. The molecule has 0 aliphatic carbocycles. The fourth-order valence-electron chi connectivity index (χ4n) is 3.94. The van der Waals surface area contributed by atoms with Gasteiger partial charge in [-0.3, -0.25) is 4.79 Å². The highest BCUT2D eigenvalue weighted by Gasteiger charge is 2.40. The fraction of sp³-hybridized carbons (Fsp3) is 0.435. The number of anilines is 1. The summed E-state index contributed by atoms with van der Waals surface area (Å²) in [6.07, 6.45) is -0.153. The van der Waals surface area contributed by atoms with Crippen LogP contribution < -0.4 is 9.64 Å². The molecule has 8 heteroatoms. The zero-order chi connectivity index (χ0) is 22.0. The SMILES string of the molecule is CC(=O)N1CCN(c2ccc(OCC3COC(C)(c4ccc(Br)cc4Br)O3)cc2)CC1. The highest BCUT2D eigenvalue weighted by molar-refractivity contribution is 9.11. The molecule has 0 aromatic heterocycles. The van der Waals surface area contributed by atoms with Crippen molar-refractivity contribution < 1.29 is 19.0 Å². The highest BCUT2D eigenvalue weighted by atomic mass is 79.9. The van der Waals surface area contributed by atoms with Crippen LogP contribution >= 0.6 is 31.9 Å². The van der Waals surface area contributed by atoms with Crippen LogP contribution in [0, 0.1) is 0 Å². The number of rotatable bonds is 5. The quantitative estimate of drug-likeness (QED) is 0.544. The highest BCUT2D eigenvalue weighted by Crippen LogP contribution is 2.39. The van der Waals surface area contributed by atoms with Gasteiger partial charge >= 0.3 is 0 Å². The van der Waals surface area contributed by atoms with E-state index in [1.165, 1.54) is 0 Å². The first-order valence-electron chi connectivity index (χ1n) is 10.3. The van der Waals surface area contributed by atoms with Crippen molar-refractivity contribution in [2.45, 2.75) is 25.7 Å². The number of ether oxygens (including phenoxy) is 3. The van der Waals surface area contributed by atoms with Crippen molar-refractivity contribution in [2.24, 2.45) is 0 Å². The summed E-state index contributed by atoms with van der Waals surface area (Å²) in [4.78, 5) is 15.7. The Morgan fingerprint density at radius 2 is 1.84 bits per heavy atom. The molecule has 2 unspecified atom stereocenters. The van der Waals surface area contributed by atoms with Gasteiger partial charge in [-0.25, -0.2) is 0 Å². The molecule has 2 aliphatic rings. The fourth-order valence-corrected chi connectivity index (χ4v) is 5.35. The summed E-state index contributed by atoms with van der Waals surface area (Å²) in [6.45, 7) is 7.66. The van der Waals surface area contributed by atoms with Crippen molar-refractivity contribution in [1.82, 2.24) is 4.90 Å². The number of hydrogen-bond donors (Lipinski definition) is 0. The first-order valence-corrected chi connectivity index (χ1v) is 11.9. The van der Waals surface area contributed by atoms with Crippen molar-refractivity contribution in [3.63, 3.8) is 0 Å². The topological polar surface area (TPSA) is 51.2 Å². The smallest absolute Gasteiger partial charge is 0.219 e. The monoisotopic (exact) mass is 552 g/mol. The number of piperazine rings is 1. The Bertz CT molecular complexity index is 932. The Labute approximate surface area is 199 Å². The van der Waals surface area contributed by atoms with Gasteiger partial charge in [-0.15, -0.1) is 0 Å². The summed E-state index contributed by atoms with van der Waals surface area (Å²) in [7, 11) is 0. The molecule has 4 rings (SSSR count). The lowest BCUT2D eigenvalue weighted by atomic mass is 10.1. The number of hydrogen-bond acceptors (Lipinski definition) is 5. The molecule has 166 valence electrons. The maximum atomic E-state index is 11.5. The third-order valence-corrected chi connectivity index (χ3v) is 6.87. The standard InChI is InChI=1S/C23H26Br2N2O4/c1-16(28)26-9-11-27(12-10-26)18-4-6-19(7-5-18)29-14-20-15-30-23(2,31-20)21-8-3-17(24)13-22(21)25/h3-8,13,20H,9-12,14-15H2,1-2H3.